The van der Waals surface area contributed by atoms with Gasteiger partial charge in [-0.15, -0.1) is 0 Å². The molecule has 0 aliphatic carbocycles. The lowest BCUT2D eigenvalue weighted by molar-refractivity contribution is -0.131. The smallest absolute Gasteiger partial charge is 0.261 e. The van der Waals surface area contributed by atoms with Gasteiger partial charge in [0.2, 0.25) is 5.91 Å². The number of rotatable bonds is 6. The number of hydrogen-bond acceptors (Lipinski definition) is 4. The first-order valence-corrected chi connectivity index (χ1v) is 13.3. The normalized spacial score (nSPS) is 13.4. The molecule has 3 aromatic carbocycles. The molecule has 0 atom stereocenters. The van der Waals surface area contributed by atoms with Crippen LogP contribution in [0.25, 0.3) is 0 Å². The highest BCUT2D eigenvalue weighted by Crippen LogP contribution is 2.29. The second-order valence-electron chi connectivity index (χ2n) is 10.5. The summed E-state index contributed by atoms with van der Waals surface area (Å²) in [5.74, 6) is -0.669. The van der Waals surface area contributed by atoms with E-state index in [0.717, 1.165) is 16.7 Å². The van der Waals surface area contributed by atoms with E-state index < -0.39 is 15.8 Å². The maximum absolute atomic E-state index is 14.3. The fraction of sp³-hybridized carbons (Fsp3) is 0.321. The van der Waals surface area contributed by atoms with Gasteiger partial charge in [-0.25, -0.2) is 12.8 Å². The minimum Gasteiger partial charge on any atom is -0.378 e. The summed E-state index contributed by atoms with van der Waals surface area (Å²) in [5.41, 5.74) is 4.44. The number of amides is 1. The quantitative estimate of drug-likeness (QED) is 0.504. The Morgan fingerprint density at radius 2 is 1.64 bits per heavy atom. The van der Waals surface area contributed by atoms with Crippen molar-refractivity contribution in [2.24, 2.45) is 0 Å². The molecule has 6 nitrogen and oxygen atoms in total. The third kappa shape index (κ3) is 5.54. The monoisotopic (exact) mass is 509 g/mol. The van der Waals surface area contributed by atoms with Crippen LogP contribution in [-0.2, 0) is 39.7 Å². The maximum Gasteiger partial charge on any atom is 0.261 e. The molecule has 3 aromatic rings. The summed E-state index contributed by atoms with van der Waals surface area (Å²) in [6.07, 6.45) is 0.284. The minimum absolute atomic E-state index is 0.0141. The predicted molar refractivity (Wildman–Crippen MR) is 141 cm³/mol. The first-order chi connectivity index (χ1) is 16.8. The lowest BCUT2D eigenvalue weighted by atomic mass is 9.86. The molecule has 1 N–H and O–H groups in total. The van der Waals surface area contributed by atoms with Crippen LogP contribution in [0.15, 0.2) is 65.6 Å². The van der Waals surface area contributed by atoms with Gasteiger partial charge in [0.15, 0.2) is 0 Å². The topological polar surface area (TPSA) is 69.7 Å². The minimum atomic E-state index is -4.01. The van der Waals surface area contributed by atoms with Crippen LogP contribution < -0.4 is 9.62 Å². The molecule has 0 radical (unpaired) electrons. The standard InChI is InChI=1S/C28H32FN3O3S/c1-28(2,3)22-9-6-19(7-10-22)14-27(33)32-17-20-8-12-24(15-21(20)18-32)36(34,35)30-26-16-23(31(4)5)11-13-25(26)29/h6-13,15-16,30H,14,17-18H2,1-5H3. The lowest BCUT2D eigenvalue weighted by Gasteiger charge is -2.19. The van der Waals surface area contributed by atoms with Crippen molar-refractivity contribution >= 4 is 27.3 Å². The number of anilines is 2. The third-order valence-corrected chi connectivity index (χ3v) is 7.81. The van der Waals surface area contributed by atoms with E-state index >= 15 is 0 Å². The number of sulfonamides is 1. The van der Waals surface area contributed by atoms with Gasteiger partial charge in [0.05, 0.1) is 17.0 Å². The van der Waals surface area contributed by atoms with Crippen LogP contribution in [0.1, 0.15) is 43.0 Å². The zero-order chi connectivity index (χ0) is 26.3. The summed E-state index contributed by atoms with van der Waals surface area (Å²) >= 11 is 0. The Morgan fingerprint density at radius 3 is 2.28 bits per heavy atom. The van der Waals surface area contributed by atoms with Crippen LogP contribution >= 0.6 is 0 Å². The van der Waals surface area contributed by atoms with Crippen LogP contribution in [0.2, 0.25) is 0 Å². The van der Waals surface area contributed by atoms with Crippen molar-refractivity contribution < 1.29 is 17.6 Å². The molecule has 1 heterocycles. The van der Waals surface area contributed by atoms with Crippen LogP contribution in [0.3, 0.4) is 0 Å². The number of nitrogens with one attached hydrogen (secondary N) is 1. The summed E-state index contributed by atoms with van der Waals surface area (Å²) in [6, 6.07) is 17.1. The number of halogens is 1. The Balaban J connectivity index is 1.47. The van der Waals surface area contributed by atoms with Crippen molar-refractivity contribution in [2.75, 3.05) is 23.7 Å². The van der Waals surface area contributed by atoms with Crippen LogP contribution in [0.5, 0.6) is 0 Å². The van der Waals surface area contributed by atoms with Gasteiger partial charge in [-0.2, -0.15) is 0 Å². The first kappa shape index (κ1) is 25.7. The molecular formula is C28H32FN3O3S. The van der Waals surface area contributed by atoms with Crippen LogP contribution in [-0.4, -0.2) is 33.3 Å². The van der Waals surface area contributed by atoms with E-state index in [0.29, 0.717) is 18.8 Å². The third-order valence-electron chi connectivity index (χ3n) is 6.45. The molecule has 0 saturated carbocycles. The van der Waals surface area contributed by atoms with Gasteiger partial charge in [-0.05, 0) is 58.0 Å². The van der Waals surface area contributed by atoms with Crippen molar-refractivity contribution in [3.8, 4) is 0 Å². The number of hydrogen-bond donors (Lipinski definition) is 1. The Hall–Kier alpha value is -3.39. The molecule has 0 spiro atoms. The Labute approximate surface area is 212 Å². The van der Waals surface area contributed by atoms with Gasteiger partial charge >= 0.3 is 0 Å². The molecule has 0 saturated heterocycles. The molecule has 0 aromatic heterocycles. The molecule has 1 aliphatic heterocycles. The largest absolute Gasteiger partial charge is 0.378 e. The lowest BCUT2D eigenvalue weighted by Crippen LogP contribution is -2.26. The molecule has 36 heavy (non-hydrogen) atoms. The molecule has 4 rings (SSSR count). The summed E-state index contributed by atoms with van der Waals surface area (Å²) < 4.78 is 42.7. The average molecular weight is 510 g/mol. The fourth-order valence-electron chi connectivity index (χ4n) is 4.20. The highest BCUT2D eigenvalue weighted by Gasteiger charge is 2.26. The summed E-state index contributed by atoms with van der Waals surface area (Å²) in [5, 5.41) is 0. The van der Waals surface area contributed by atoms with E-state index in [1.807, 2.05) is 12.1 Å². The molecule has 190 valence electrons. The Kier molecular flexibility index (Phi) is 6.84. The van der Waals surface area contributed by atoms with E-state index in [2.05, 4.69) is 37.6 Å². The number of fused-ring (bicyclic) bond motifs is 1. The second kappa shape index (κ2) is 9.58. The maximum atomic E-state index is 14.3. The van der Waals surface area contributed by atoms with Gasteiger partial charge in [0.25, 0.3) is 10.0 Å². The van der Waals surface area contributed by atoms with E-state index in [-0.39, 0.29) is 28.3 Å². The van der Waals surface area contributed by atoms with Gasteiger partial charge in [-0.3, -0.25) is 9.52 Å². The number of nitrogens with zero attached hydrogens (tertiary/aromatic N) is 2. The van der Waals surface area contributed by atoms with E-state index in [4.69, 9.17) is 0 Å². The summed E-state index contributed by atoms with van der Waals surface area (Å²) in [6.45, 7) is 7.21. The van der Waals surface area contributed by atoms with E-state index in [9.17, 15) is 17.6 Å². The zero-order valence-corrected chi connectivity index (χ0v) is 22.1. The van der Waals surface area contributed by atoms with E-state index in [1.54, 1.807) is 42.1 Å². The highest BCUT2D eigenvalue weighted by molar-refractivity contribution is 7.92. The Bertz CT molecular complexity index is 1390. The van der Waals surface area contributed by atoms with Crippen molar-refractivity contribution in [2.45, 2.75) is 50.6 Å². The van der Waals surface area contributed by atoms with Crippen LogP contribution in [0.4, 0.5) is 15.8 Å². The fourth-order valence-corrected chi connectivity index (χ4v) is 5.31. The molecular weight excluding hydrogens is 477 g/mol. The zero-order valence-electron chi connectivity index (χ0n) is 21.3. The van der Waals surface area contributed by atoms with Crippen molar-refractivity contribution in [1.29, 1.82) is 0 Å². The van der Waals surface area contributed by atoms with E-state index in [1.165, 1.54) is 23.8 Å². The predicted octanol–water partition coefficient (Wildman–Crippen LogP) is 5.07. The van der Waals surface area contributed by atoms with Gasteiger partial charge in [0, 0.05) is 32.9 Å². The number of carbonyl (C=O) groups excluding carboxylic acids is 1. The van der Waals surface area contributed by atoms with Crippen molar-refractivity contribution in [3.05, 3.63) is 88.7 Å². The van der Waals surface area contributed by atoms with Crippen molar-refractivity contribution in [3.63, 3.8) is 0 Å². The molecule has 1 aliphatic rings. The SMILES string of the molecule is CN(C)c1ccc(F)c(NS(=O)(=O)c2ccc3c(c2)CN(C(=O)Cc2ccc(C(C)(C)C)cc2)C3)c1. The highest BCUT2D eigenvalue weighted by atomic mass is 32.2. The Morgan fingerprint density at radius 1 is 0.972 bits per heavy atom. The molecule has 1 amide bonds. The van der Waals surface area contributed by atoms with Gasteiger partial charge in [0.1, 0.15) is 5.82 Å². The average Bonchev–Trinajstić information content (AvgIpc) is 3.24. The van der Waals surface area contributed by atoms with Crippen molar-refractivity contribution in [1.82, 2.24) is 4.90 Å². The first-order valence-electron chi connectivity index (χ1n) is 11.8. The molecule has 0 fully saturated rings. The number of benzene rings is 3. The van der Waals surface area contributed by atoms with Crippen LogP contribution in [0, 0.1) is 5.82 Å². The molecule has 0 bridgehead atoms. The van der Waals surface area contributed by atoms with Gasteiger partial charge < -0.3 is 9.80 Å². The summed E-state index contributed by atoms with van der Waals surface area (Å²) in [7, 11) is -0.431. The summed E-state index contributed by atoms with van der Waals surface area (Å²) in [4.78, 5) is 16.5. The van der Waals surface area contributed by atoms with Gasteiger partial charge in [-0.1, -0.05) is 51.1 Å². The molecule has 8 heteroatoms. The molecule has 0 unspecified atom stereocenters. The number of carbonyl (C=O) groups is 1. The second-order valence-corrected chi connectivity index (χ2v) is 12.2.